The fraction of sp³-hybridized carbons (Fsp3) is 0.857. The maximum Gasteiger partial charge on any atom is 0.320 e. The standard InChI is InChI=1S/C7H16N2O2/c1-2-5(8)3-4-6(9)7(10)11/h5-6H,2-4,8-9H2,1H3,(H,10,11)/t5-,6+/m1/s1. The Morgan fingerprint density at radius 1 is 1.45 bits per heavy atom. The molecule has 4 nitrogen and oxygen atoms in total. The third-order valence-electron chi connectivity index (χ3n) is 1.69. The molecule has 0 aliphatic heterocycles. The molecule has 0 rings (SSSR count). The van der Waals surface area contributed by atoms with Gasteiger partial charge in [0.1, 0.15) is 6.04 Å². The third kappa shape index (κ3) is 4.75. The Hall–Kier alpha value is -0.610. The lowest BCUT2D eigenvalue weighted by molar-refractivity contribution is -0.138. The van der Waals surface area contributed by atoms with Gasteiger partial charge in [-0.25, -0.2) is 0 Å². The van der Waals surface area contributed by atoms with Gasteiger partial charge in [-0.2, -0.15) is 0 Å². The Balaban J connectivity index is 3.45. The highest BCUT2D eigenvalue weighted by molar-refractivity contribution is 5.72. The molecule has 11 heavy (non-hydrogen) atoms. The fourth-order valence-electron chi connectivity index (χ4n) is 0.721. The fourth-order valence-corrected chi connectivity index (χ4v) is 0.721. The SMILES string of the molecule is CC[C@@H](N)CC[C@H](N)C(=O)O. The van der Waals surface area contributed by atoms with E-state index in [0.717, 1.165) is 6.42 Å². The second-order valence-corrected chi connectivity index (χ2v) is 2.69. The van der Waals surface area contributed by atoms with Gasteiger partial charge in [-0.3, -0.25) is 4.79 Å². The zero-order valence-corrected chi connectivity index (χ0v) is 6.79. The first-order valence-electron chi connectivity index (χ1n) is 3.81. The van der Waals surface area contributed by atoms with Gasteiger partial charge in [0, 0.05) is 6.04 Å². The summed E-state index contributed by atoms with van der Waals surface area (Å²) in [6.45, 7) is 1.97. The van der Waals surface area contributed by atoms with Gasteiger partial charge in [0.2, 0.25) is 0 Å². The molecule has 0 aliphatic carbocycles. The van der Waals surface area contributed by atoms with Crippen LogP contribution in [-0.4, -0.2) is 23.2 Å². The zero-order valence-electron chi connectivity index (χ0n) is 6.79. The second-order valence-electron chi connectivity index (χ2n) is 2.69. The van der Waals surface area contributed by atoms with Gasteiger partial charge in [0.25, 0.3) is 0 Å². The van der Waals surface area contributed by atoms with Crippen LogP contribution in [0, 0.1) is 0 Å². The molecule has 66 valence electrons. The van der Waals surface area contributed by atoms with E-state index in [1.54, 1.807) is 0 Å². The molecular formula is C7H16N2O2. The predicted octanol–water partition coefficient (Wildman–Crippen LogP) is -0.0842. The van der Waals surface area contributed by atoms with Crippen LogP contribution in [0.25, 0.3) is 0 Å². The summed E-state index contributed by atoms with van der Waals surface area (Å²) in [5.74, 6) is -0.951. The monoisotopic (exact) mass is 160 g/mol. The number of aliphatic carboxylic acids is 1. The molecule has 0 fully saturated rings. The van der Waals surface area contributed by atoms with E-state index >= 15 is 0 Å². The van der Waals surface area contributed by atoms with E-state index in [9.17, 15) is 4.79 Å². The first kappa shape index (κ1) is 10.4. The smallest absolute Gasteiger partial charge is 0.320 e. The molecule has 4 heteroatoms. The van der Waals surface area contributed by atoms with Crippen molar-refractivity contribution in [3.8, 4) is 0 Å². The highest BCUT2D eigenvalue weighted by Crippen LogP contribution is 2.00. The van der Waals surface area contributed by atoms with Gasteiger partial charge in [0.15, 0.2) is 0 Å². The Morgan fingerprint density at radius 3 is 2.36 bits per heavy atom. The van der Waals surface area contributed by atoms with Crippen LogP contribution in [0.1, 0.15) is 26.2 Å². The van der Waals surface area contributed by atoms with Crippen molar-refractivity contribution in [2.45, 2.75) is 38.3 Å². The van der Waals surface area contributed by atoms with Crippen LogP contribution >= 0.6 is 0 Å². The molecule has 0 aromatic heterocycles. The van der Waals surface area contributed by atoms with E-state index in [4.69, 9.17) is 16.6 Å². The Morgan fingerprint density at radius 2 is 2.00 bits per heavy atom. The summed E-state index contributed by atoms with van der Waals surface area (Å²) in [4.78, 5) is 10.2. The summed E-state index contributed by atoms with van der Waals surface area (Å²) in [5.41, 5.74) is 10.8. The van der Waals surface area contributed by atoms with Crippen LogP contribution in [0.15, 0.2) is 0 Å². The number of carboxylic acid groups (broad SMARTS) is 1. The molecule has 0 aromatic carbocycles. The van der Waals surface area contributed by atoms with E-state index in [1.165, 1.54) is 0 Å². The molecule has 0 unspecified atom stereocenters. The molecule has 0 amide bonds. The normalized spacial score (nSPS) is 15.9. The van der Waals surface area contributed by atoms with Crippen molar-refractivity contribution in [3.05, 3.63) is 0 Å². The van der Waals surface area contributed by atoms with E-state index in [0.29, 0.717) is 12.8 Å². The van der Waals surface area contributed by atoms with Crippen molar-refractivity contribution >= 4 is 5.97 Å². The van der Waals surface area contributed by atoms with E-state index < -0.39 is 12.0 Å². The molecule has 2 atom stereocenters. The highest BCUT2D eigenvalue weighted by atomic mass is 16.4. The highest BCUT2D eigenvalue weighted by Gasteiger charge is 2.11. The molecule has 0 bridgehead atoms. The number of nitrogens with two attached hydrogens (primary N) is 2. The van der Waals surface area contributed by atoms with Crippen molar-refractivity contribution in [1.82, 2.24) is 0 Å². The van der Waals surface area contributed by atoms with Crippen LogP contribution < -0.4 is 11.5 Å². The average molecular weight is 160 g/mol. The lowest BCUT2D eigenvalue weighted by atomic mass is 10.1. The minimum Gasteiger partial charge on any atom is -0.480 e. The van der Waals surface area contributed by atoms with Gasteiger partial charge in [-0.15, -0.1) is 0 Å². The molecule has 0 aromatic rings. The van der Waals surface area contributed by atoms with Gasteiger partial charge in [-0.05, 0) is 19.3 Å². The summed E-state index contributed by atoms with van der Waals surface area (Å²) < 4.78 is 0. The van der Waals surface area contributed by atoms with Gasteiger partial charge >= 0.3 is 5.97 Å². The van der Waals surface area contributed by atoms with Gasteiger partial charge in [-0.1, -0.05) is 6.92 Å². The quantitative estimate of drug-likeness (QED) is 0.524. The lowest BCUT2D eigenvalue weighted by Crippen LogP contribution is -2.32. The minimum absolute atomic E-state index is 0.0837. The zero-order chi connectivity index (χ0) is 8.85. The lowest BCUT2D eigenvalue weighted by Gasteiger charge is -2.10. The number of rotatable bonds is 5. The Kier molecular flexibility index (Phi) is 4.81. The molecule has 0 spiro atoms. The van der Waals surface area contributed by atoms with E-state index in [1.807, 2.05) is 6.92 Å². The van der Waals surface area contributed by atoms with E-state index in [-0.39, 0.29) is 6.04 Å². The number of hydrogen-bond acceptors (Lipinski definition) is 3. The van der Waals surface area contributed by atoms with Crippen molar-refractivity contribution in [2.75, 3.05) is 0 Å². The molecule has 0 saturated carbocycles. The molecule has 0 radical (unpaired) electrons. The summed E-state index contributed by atoms with van der Waals surface area (Å²) >= 11 is 0. The number of carboxylic acids is 1. The van der Waals surface area contributed by atoms with Crippen molar-refractivity contribution in [1.29, 1.82) is 0 Å². The average Bonchev–Trinajstić information content (AvgIpc) is 1.99. The van der Waals surface area contributed by atoms with Gasteiger partial charge in [0.05, 0.1) is 0 Å². The molecule has 0 heterocycles. The second kappa shape index (κ2) is 5.09. The van der Waals surface area contributed by atoms with Crippen molar-refractivity contribution in [2.24, 2.45) is 11.5 Å². The Bertz CT molecular complexity index is 128. The van der Waals surface area contributed by atoms with Crippen molar-refractivity contribution in [3.63, 3.8) is 0 Å². The summed E-state index contributed by atoms with van der Waals surface area (Å²) in [6, 6.07) is -0.673. The first-order valence-corrected chi connectivity index (χ1v) is 3.81. The van der Waals surface area contributed by atoms with Crippen LogP contribution in [0.3, 0.4) is 0 Å². The summed E-state index contributed by atoms with van der Waals surface area (Å²) in [6.07, 6.45) is 2.01. The van der Waals surface area contributed by atoms with Gasteiger partial charge < -0.3 is 16.6 Å². The van der Waals surface area contributed by atoms with Crippen LogP contribution in [0.2, 0.25) is 0 Å². The van der Waals surface area contributed by atoms with E-state index in [2.05, 4.69) is 0 Å². The maximum absolute atomic E-state index is 10.2. The van der Waals surface area contributed by atoms with Crippen molar-refractivity contribution < 1.29 is 9.90 Å². The summed E-state index contributed by atoms with van der Waals surface area (Å²) in [7, 11) is 0. The van der Waals surface area contributed by atoms with Crippen LogP contribution in [0.4, 0.5) is 0 Å². The first-order chi connectivity index (χ1) is 5.07. The molecule has 0 saturated heterocycles. The maximum atomic E-state index is 10.2. The molecule has 5 N–H and O–H groups in total. The number of hydrogen-bond donors (Lipinski definition) is 3. The largest absolute Gasteiger partial charge is 0.480 e. The van der Waals surface area contributed by atoms with Crippen LogP contribution in [0.5, 0.6) is 0 Å². The minimum atomic E-state index is -0.951. The Labute approximate surface area is 66.6 Å². The topological polar surface area (TPSA) is 89.3 Å². The molecule has 0 aliphatic rings. The predicted molar refractivity (Wildman–Crippen MR) is 43.1 cm³/mol. The molecular weight excluding hydrogens is 144 g/mol. The van der Waals surface area contributed by atoms with Crippen LogP contribution in [-0.2, 0) is 4.79 Å². The third-order valence-corrected chi connectivity index (χ3v) is 1.69. The number of carbonyl (C=O) groups is 1. The summed E-state index contributed by atoms with van der Waals surface area (Å²) in [5, 5.41) is 8.40.